The second-order valence-electron chi connectivity index (χ2n) is 3.73. The van der Waals surface area contributed by atoms with E-state index >= 15 is 0 Å². The third kappa shape index (κ3) is 5.08. The van der Waals surface area contributed by atoms with Gasteiger partial charge in [0.25, 0.3) is 0 Å². The first kappa shape index (κ1) is 16.3. The van der Waals surface area contributed by atoms with Crippen LogP contribution in [0.25, 0.3) is 6.08 Å². The van der Waals surface area contributed by atoms with Crippen molar-refractivity contribution >= 4 is 28.0 Å². The molecular formula is C13H10BrF3O3. The third-order valence-electron chi connectivity index (χ3n) is 2.11. The van der Waals surface area contributed by atoms with Gasteiger partial charge in [0.15, 0.2) is 0 Å². The van der Waals surface area contributed by atoms with E-state index in [4.69, 9.17) is 9.84 Å². The number of alkyl halides is 3. The molecular weight excluding hydrogens is 341 g/mol. The number of carbonyl (C=O) groups is 1. The number of carboxylic acid groups (broad SMARTS) is 1. The van der Waals surface area contributed by atoms with Crippen molar-refractivity contribution in [1.82, 2.24) is 0 Å². The summed E-state index contributed by atoms with van der Waals surface area (Å²) in [6.07, 6.45) is -2.77. The first-order chi connectivity index (χ1) is 9.20. The molecule has 0 saturated heterocycles. The standard InChI is InChI=1S/C13H10BrF3O3/c1-8(14)7-20-11-4-2-9(3-5-12(18)19)6-10(11)13(15,16)17/h2-6H,1,7H2,(H,18,19). The van der Waals surface area contributed by atoms with Crippen LogP contribution in [0.1, 0.15) is 11.1 Å². The normalized spacial score (nSPS) is 11.6. The fraction of sp³-hybridized carbons (Fsp3) is 0.154. The zero-order valence-electron chi connectivity index (χ0n) is 10.1. The Balaban J connectivity index is 3.13. The Kier molecular flexibility index (Phi) is 5.38. The van der Waals surface area contributed by atoms with Crippen LogP contribution < -0.4 is 4.74 Å². The summed E-state index contributed by atoms with van der Waals surface area (Å²) in [5.74, 6) is -1.58. The van der Waals surface area contributed by atoms with E-state index in [-0.39, 0.29) is 17.9 Å². The predicted molar refractivity (Wildman–Crippen MR) is 71.7 cm³/mol. The Morgan fingerprint density at radius 1 is 1.45 bits per heavy atom. The molecule has 3 nitrogen and oxygen atoms in total. The van der Waals surface area contributed by atoms with E-state index in [1.54, 1.807) is 0 Å². The highest BCUT2D eigenvalue weighted by molar-refractivity contribution is 9.11. The molecule has 0 spiro atoms. The molecule has 20 heavy (non-hydrogen) atoms. The van der Waals surface area contributed by atoms with Gasteiger partial charge in [-0.05, 0) is 23.8 Å². The number of halogens is 4. The SMILES string of the molecule is C=C(Br)COc1ccc(C=CC(=O)O)cc1C(F)(F)F. The van der Waals surface area contributed by atoms with E-state index in [1.807, 2.05) is 0 Å². The van der Waals surface area contributed by atoms with Crippen LogP contribution in [0.2, 0.25) is 0 Å². The van der Waals surface area contributed by atoms with Crippen LogP contribution in [0.4, 0.5) is 13.2 Å². The molecule has 0 atom stereocenters. The van der Waals surface area contributed by atoms with E-state index in [0.29, 0.717) is 4.48 Å². The molecule has 108 valence electrons. The molecule has 0 saturated carbocycles. The second kappa shape index (κ2) is 6.60. The van der Waals surface area contributed by atoms with Gasteiger partial charge < -0.3 is 9.84 Å². The van der Waals surface area contributed by atoms with Gasteiger partial charge in [-0.15, -0.1) is 0 Å². The molecule has 0 aliphatic rings. The minimum Gasteiger partial charge on any atom is -0.488 e. The van der Waals surface area contributed by atoms with Gasteiger partial charge in [-0.1, -0.05) is 28.6 Å². The summed E-state index contributed by atoms with van der Waals surface area (Å²) in [4.78, 5) is 10.4. The van der Waals surface area contributed by atoms with Gasteiger partial charge in [0.2, 0.25) is 0 Å². The number of carboxylic acids is 1. The maximum absolute atomic E-state index is 12.9. The molecule has 0 heterocycles. The summed E-state index contributed by atoms with van der Waals surface area (Å²) in [7, 11) is 0. The molecule has 0 aliphatic heterocycles. The molecule has 1 N–H and O–H groups in total. The molecule has 0 aliphatic carbocycles. The molecule has 0 amide bonds. The van der Waals surface area contributed by atoms with E-state index < -0.39 is 17.7 Å². The number of hydrogen-bond acceptors (Lipinski definition) is 2. The minimum atomic E-state index is -4.60. The van der Waals surface area contributed by atoms with Crippen LogP contribution in [0, 0.1) is 0 Å². The summed E-state index contributed by atoms with van der Waals surface area (Å²) in [6.45, 7) is 3.36. The number of aliphatic carboxylic acids is 1. The quantitative estimate of drug-likeness (QED) is 0.813. The minimum absolute atomic E-state index is 0.104. The van der Waals surface area contributed by atoms with Crippen molar-refractivity contribution in [2.45, 2.75) is 6.18 Å². The van der Waals surface area contributed by atoms with Crippen LogP contribution in [0.15, 0.2) is 35.3 Å². The Labute approximate surface area is 121 Å². The van der Waals surface area contributed by atoms with Crippen molar-refractivity contribution in [2.75, 3.05) is 6.61 Å². The van der Waals surface area contributed by atoms with E-state index in [9.17, 15) is 18.0 Å². The fourth-order valence-corrected chi connectivity index (χ4v) is 1.44. The Morgan fingerprint density at radius 2 is 2.10 bits per heavy atom. The van der Waals surface area contributed by atoms with Crippen LogP contribution >= 0.6 is 15.9 Å². The van der Waals surface area contributed by atoms with Gasteiger partial charge in [-0.2, -0.15) is 13.2 Å². The Hall–Kier alpha value is -1.76. The lowest BCUT2D eigenvalue weighted by atomic mass is 10.1. The Morgan fingerprint density at radius 3 is 2.60 bits per heavy atom. The van der Waals surface area contributed by atoms with Crippen LogP contribution in [0.5, 0.6) is 5.75 Å². The highest BCUT2D eigenvalue weighted by Gasteiger charge is 2.34. The molecule has 1 aromatic rings. The maximum atomic E-state index is 12.9. The van der Waals surface area contributed by atoms with Crippen LogP contribution in [-0.2, 0) is 11.0 Å². The Bertz CT molecular complexity index is 550. The number of hydrogen-bond donors (Lipinski definition) is 1. The van der Waals surface area contributed by atoms with Gasteiger partial charge in [-0.25, -0.2) is 4.79 Å². The highest BCUT2D eigenvalue weighted by atomic mass is 79.9. The van der Waals surface area contributed by atoms with E-state index in [0.717, 1.165) is 24.3 Å². The van der Waals surface area contributed by atoms with Crippen molar-refractivity contribution in [3.05, 3.63) is 46.5 Å². The smallest absolute Gasteiger partial charge is 0.419 e. The molecule has 0 radical (unpaired) electrons. The van der Waals surface area contributed by atoms with Crippen molar-refractivity contribution in [3.8, 4) is 5.75 Å². The van der Waals surface area contributed by atoms with Crippen molar-refractivity contribution in [3.63, 3.8) is 0 Å². The molecule has 1 aromatic carbocycles. The monoisotopic (exact) mass is 350 g/mol. The largest absolute Gasteiger partial charge is 0.488 e. The number of benzene rings is 1. The topological polar surface area (TPSA) is 46.5 Å². The predicted octanol–water partition coefficient (Wildman–Crippen LogP) is 4.09. The van der Waals surface area contributed by atoms with Crippen molar-refractivity contribution < 1.29 is 27.8 Å². The summed E-state index contributed by atoms with van der Waals surface area (Å²) >= 11 is 2.99. The number of ether oxygens (including phenoxy) is 1. The fourth-order valence-electron chi connectivity index (χ4n) is 1.32. The summed E-state index contributed by atoms with van der Waals surface area (Å²) in [5.41, 5.74) is -0.858. The number of rotatable bonds is 5. The molecule has 0 aromatic heterocycles. The zero-order valence-corrected chi connectivity index (χ0v) is 11.7. The van der Waals surface area contributed by atoms with Gasteiger partial charge in [-0.3, -0.25) is 0 Å². The van der Waals surface area contributed by atoms with Crippen molar-refractivity contribution in [1.29, 1.82) is 0 Å². The van der Waals surface area contributed by atoms with Crippen LogP contribution in [0.3, 0.4) is 0 Å². The molecule has 0 unspecified atom stereocenters. The van der Waals surface area contributed by atoms with E-state index in [2.05, 4.69) is 22.5 Å². The van der Waals surface area contributed by atoms with Gasteiger partial charge in [0.1, 0.15) is 12.4 Å². The lowest BCUT2D eigenvalue weighted by Crippen LogP contribution is -2.09. The zero-order chi connectivity index (χ0) is 15.3. The van der Waals surface area contributed by atoms with Crippen LogP contribution in [-0.4, -0.2) is 17.7 Å². The molecule has 0 fully saturated rings. The summed E-state index contributed by atoms with van der Waals surface area (Å²) < 4.78 is 44.1. The third-order valence-corrected chi connectivity index (χ3v) is 2.34. The van der Waals surface area contributed by atoms with Gasteiger partial charge in [0.05, 0.1) is 5.56 Å². The average Bonchev–Trinajstić information content (AvgIpc) is 2.33. The molecule has 1 rings (SSSR count). The summed E-state index contributed by atoms with van der Waals surface area (Å²) in [6, 6.07) is 3.30. The first-order valence-electron chi connectivity index (χ1n) is 5.28. The van der Waals surface area contributed by atoms with Gasteiger partial charge >= 0.3 is 12.1 Å². The van der Waals surface area contributed by atoms with Crippen molar-refractivity contribution in [2.24, 2.45) is 0 Å². The maximum Gasteiger partial charge on any atom is 0.419 e. The molecule has 0 bridgehead atoms. The lowest BCUT2D eigenvalue weighted by Gasteiger charge is -2.14. The van der Waals surface area contributed by atoms with Gasteiger partial charge in [0, 0.05) is 10.6 Å². The summed E-state index contributed by atoms with van der Waals surface area (Å²) in [5, 5.41) is 8.46. The lowest BCUT2D eigenvalue weighted by molar-refractivity contribution is -0.139. The molecule has 7 heteroatoms. The van der Waals surface area contributed by atoms with E-state index in [1.165, 1.54) is 6.07 Å². The average molecular weight is 351 g/mol. The second-order valence-corrected chi connectivity index (χ2v) is 4.85. The highest BCUT2D eigenvalue weighted by Crippen LogP contribution is 2.37. The first-order valence-corrected chi connectivity index (χ1v) is 6.08.